The molecule has 0 amide bonds. The summed E-state index contributed by atoms with van der Waals surface area (Å²) in [5, 5.41) is 2.64. The van der Waals surface area contributed by atoms with Gasteiger partial charge >= 0.3 is 0 Å². The van der Waals surface area contributed by atoms with Crippen molar-refractivity contribution >= 4 is 69.1 Å². The Hall–Kier alpha value is -0.440. The van der Waals surface area contributed by atoms with Crippen LogP contribution in [0.2, 0.25) is 0 Å². The molecule has 0 N–H and O–H groups in total. The highest BCUT2D eigenvalue weighted by Crippen LogP contribution is 2.28. The molecule has 4 unspecified atom stereocenters. The summed E-state index contributed by atoms with van der Waals surface area (Å²) < 4.78 is 26.2. The average Bonchev–Trinajstić information content (AvgIpc) is 3.38. The van der Waals surface area contributed by atoms with Crippen LogP contribution in [-0.4, -0.2) is 46.6 Å². The highest BCUT2D eigenvalue weighted by Gasteiger charge is 2.37. The molecule has 4 nitrogen and oxygen atoms in total. The van der Waals surface area contributed by atoms with Crippen molar-refractivity contribution in [3.8, 4) is 0 Å². The van der Waals surface area contributed by atoms with Gasteiger partial charge in [0.05, 0.1) is 0 Å². The van der Waals surface area contributed by atoms with E-state index in [1.54, 1.807) is 0 Å². The summed E-state index contributed by atoms with van der Waals surface area (Å²) >= 11 is 23.8. The van der Waals surface area contributed by atoms with Gasteiger partial charge in [-0.25, -0.2) is 0 Å². The maximum atomic E-state index is 6.55. The Labute approximate surface area is 478 Å². The molecule has 0 spiro atoms. The fraction of sp³-hybridized carbons (Fsp3) is 0.938. The Balaban J connectivity index is 5.86. The topological polar surface area (TPSA) is 36.9 Å². The quantitative estimate of drug-likeness (QED) is 0.0441. The van der Waals surface area contributed by atoms with Gasteiger partial charge < -0.3 is 18.9 Å². The van der Waals surface area contributed by atoms with E-state index < -0.39 is 5.41 Å². The molecule has 73 heavy (non-hydrogen) atoms. The van der Waals surface area contributed by atoms with E-state index in [4.69, 9.17) is 67.8 Å². The molecule has 0 aromatic heterocycles. The summed E-state index contributed by atoms with van der Waals surface area (Å²) in [5.74, 6) is 3.55. The maximum absolute atomic E-state index is 6.55. The van der Waals surface area contributed by atoms with Crippen LogP contribution < -0.4 is 0 Å². The van der Waals surface area contributed by atoms with Crippen LogP contribution in [0.15, 0.2) is 0 Å². The predicted molar refractivity (Wildman–Crippen MR) is 339 cm³/mol. The maximum Gasteiger partial charge on any atom is 0.159 e. The second-order valence-electron chi connectivity index (χ2n) is 23.1. The molecule has 0 aliphatic heterocycles. The van der Waals surface area contributed by atoms with Crippen LogP contribution in [0, 0.1) is 29.1 Å². The Morgan fingerprint density at radius 3 is 0.630 bits per heavy atom. The molecule has 0 heterocycles. The van der Waals surface area contributed by atoms with Crippen molar-refractivity contribution in [2.24, 2.45) is 29.1 Å². The first-order chi connectivity index (χ1) is 35.5. The van der Waals surface area contributed by atoms with Gasteiger partial charge in [-0.15, -0.1) is 0 Å². The van der Waals surface area contributed by atoms with Crippen LogP contribution in [0.1, 0.15) is 338 Å². The number of hydrogen-bond acceptors (Lipinski definition) is 8. The fourth-order valence-corrected chi connectivity index (χ4v) is 11.8. The first-order valence-electron chi connectivity index (χ1n) is 32.2. The summed E-state index contributed by atoms with van der Waals surface area (Å²) in [5.41, 5.74) is -0.679. The largest absolute Gasteiger partial charge is 0.486 e. The summed E-state index contributed by atoms with van der Waals surface area (Å²) in [7, 11) is 0. The summed E-state index contributed by atoms with van der Waals surface area (Å²) in [6, 6.07) is 0. The third-order valence-corrected chi connectivity index (χ3v) is 17.1. The molecule has 8 heteroatoms. The van der Waals surface area contributed by atoms with Crippen molar-refractivity contribution < 1.29 is 18.9 Å². The van der Waals surface area contributed by atoms with Crippen molar-refractivity contribution in [1.29, 1.82) is 0 Å². The van der Waals surface area contributed by atoms with Crippen LogP contribution in [-0.2, 0) is 18.9 Å². The Morgan fingerprint density at radius 1 is 0.247 bits per heavy atom. The van der Waals surface area contributed by atoms with Gasteiger partial charge in [-0.3, -0.25) is 0 Å². The molecule has 0 rings (SSSR count). The lowest BCUT2D eigenvalue weighted by Gasteiger charge is -2.33. The molecule has 0 saturated carbocycles. The van der Waals surface area contributed by atoms with Gasteiger partial charge in [-0.2, -0.15) is 0 Å². The summed E-state index contributed by atoms with van der Waals surface area (Å²) in [6.07, 6.45) is 54.6. The van der Waals surface area contributed by atoms with Gasteiger partial charge in [-0.05, 0) is 98.2 Å². The van der Waals surface area contributed by atoms with Gasteiger partial charge in [0.1, 0.15) is 31.8 Å². The molecule has 0 bridgehead atoms. The van der Waals surface area contributed by atoms with Crippen LogP contribution in [0.25, 0.3) is 0 Å². The van der Waals surface area contributed by atoms with Crippen molar-refractivity contribution in [2.75, 3.05) is 26.4 Å². The molecule has 0 fully saturated rings. The Bertz CT molecular complexity index is 1070. The molecule has 4 atom stereocenters. The molecule has 0 aliphatic carbocycles. The minimum atomic E-state index is -0.679. The highest BCUT2D eigenvalue weighted by atomic mass is 32.1. The van der Waals surface area contributed by atoms with Gasteiger partial charge in [0.25, 0.3) is 0 Å². The molecule has 0 aromatic rings. The lowest BCUT2D eigenvalue weighted by molar-refractivity contribution is -0.0163. The Kier molecular flexibility index (Phi) is 53.2. The third-order valence-electron chi connectivity index (χ3n) is 15.8. The molecule has 0 saturated heterocycles. The molecular formula is C65H124O4S4. The predicted octanol–water partition coefficient (Wildman–Crippen LogP) is 23.1. The number of rotatable bonds is 56. The van der Waals surface area contributed by atoms with E-state index in [1.807, 2.05) is 0 Å². The van der Waals surface area contributed by atoms with Crippen molar-refractivity contribution in [1.82, 2.24) is 0 Å². The van der Waals surface area contributed by atoms with Crippen LogP contribution in [0.4, 0.5) is 0 Å². The lowest BCUT2D eigenvalue weighted by Crippen LogP contribution is -2.43. The number of ether oxygens (including phenoxy) is 4. The molecule has 0 aliphatic rings. The van der Waals surface area contributed by atoms with E-state index in [2.05, 4.69) is 55.4 Å². The van der Waals surface area contributed by atoms with Gasteiger partial charge in [-0.1, -0.05) is 287 Å². The van der Waals surface area contributed by atoms with E-state index in [0.717, 1.165) is 75.0 Å². The van der Waals surface area contributed by atoms with E-state index in [0.29, 0.717) is 46.6 Å². The molecular weight excluding hydrogens is 973 g/mol. The smallest absolute Gasteiger partial charge is 0.159 e. The van der Waals surface area contributed by atoms with E-state index in [1.165, 1.54) is 231 Å². The first-order valence-corrected chi connectivity index (χ1v) is 33.8. The minimum absolute atomic E-state index is 0.320. The third kappa shape index (κ3) is 45.2. The second-order valence-corrected chi connectivity index (χ2v) is 25.0. The average molecular weight is 1100 g/mol. The SMILES string of the molecule is CCCCC(CCC)CCCCCCC(=S)OCC(COC(=S)CCCCCCC(CCC)CCCC)(COC(=S)CCCCCCC(CCC)CCCC)COC(=S)CCCCCCC(CCC)CCCC. The van der Waals surface area contributed by atoms with Crippen LogP contribution >= 0.6 is 48.9 Å². The molecule has 0 aromatic carbocycles. The molecule has 0 radical (unpaired) electrons. The zero-order valence-corrected chi connectivity index (χ0v) is 53.3. The number of unbranched alkanes of at least 4 members (excludes halogenated alkanes) is 16. The van der Waals surface area contributed by atoms with Gasteiger partial charge in [0.2, 0.25) is 0 Å². The van der Waals surface area contributed by atoms with Crippen molar-refractivity contribution in [2.45, 2.75) is 338 Å². The van der Waals surface area contributed by atoms with Gasteiger partial charge in [0, 0.05) is 25.7 Å². The number of hydrogen-bond donors (Lipinski definition) is 0. The zero-order valence-electron chi connectivity index (χ0n) is 50.0. The number of thiocarbonyl (C=S) groups is 4. The standard InChI is InChI=1S/C65H124O4S4/c1-9-17-41-57(37-13-5)45-29-21-25-33-49-61(70)66-53-65(54-67-62(71)50-34-26-22-30-46-58(38-14-6)42-18-10-2,55-68-63(72)51-35-27-23-31-47-59(39-15-7)43-19-11-3)56-69-64(73)52-36-28-24-32-48-60(40-16-8)44-20-12-4/h57-60H,9-56H2,1-8H3. The zero-order chi connectivity index (χ0) is 53.9. The van der Waals surface area contributed by atoms with Crippen molar-refractivity contribution in [3.63, 3.8) is 0 Å². The fourth-order valence-electron chi connectivity index (χ4n) is 11.0. The summed E-state index contributed by atoms with van der Waals surface area (Å²) in [6.45, 7) is 19.9. The van der Waals surface area contributed by atoms with Crippen LogP contribution in [0.3, 0.4) is 0 Å². The molecule has 432 valence electrons. The Morgan fingerprint density at radius 2 is 0.438 bits per heavy atom. The lowest BCUT2D eigenvalue weighted by atomic mass is 9.91. The highest BCUT2D eigenvalue weighted by molar-refractivity contribution is 7.80. The summed E-state index contributed by atoms with van der Waals surface area (Å²) in [4.78, 5) is 0. The van der Waals surface area contributed by atoms with E-state index in [9.17, 15) is 0 Å². The normalized spacial score (nSPS) is 14.0. The van der Waals surface area contributed by atoms with Crippen molar-refractivity contribution in [3.05, 3.63) is 0 Å². The second kappa shape index (κ2) is 53.6. The monoisotopic (exact) mass is 1100 g/mol. The first kappa shape index (κ1) is 72.6. The minimum Gasteiger partial charge on any atom is -0.486 e. The van der Waals surface area contributed by atoms with E-state index >= 15 is 0 Å². The van der Waals surface area contributed by atoms with E-state index in [-0.39, 0.29) is 0 Å². The van der Waals surface area contributed by atoms with Crippen LogP contribution in [0.5, 0.6) is 0 Å². The van der Waals surface area contributed by atoms with Gasteiger partial charge in [0.15, 0.2) is 20.2 Å².